The first kappa shape index (κ1) is 14.4. The van der Waals surface area contributed by atoms with E-state index in [2.05, 4.69) is 36.1 Å². The molecule has 0 saturated carbocycles. The number of H-pyrrole nitrogens is 1. The Morgan fingerprint density at radius 1 is 1.37 bits per heavy atom. The monoisotopic (exact) mass is 279 g/mol. The Morgan fingerprint density at radius 3 is 2.79 bits per heavy atom. The third-order valence-electron chi connectivity index (χ3n) is 2.65. The molecule has 4 nitrogen and oxygen atoms in total. The van der Waals surface area contributed by atoms with Crippen LogP contribution in [0.4, 0.5) is 0 Å². The summed E-state index contributed by atoms with van der Waals surface area (Å²) in [5.74, 6) is 0.628. The Labute approximate surface area is 118 Å². The van der Waals surface area contributed by atoms with E-state index in [1.54, 1.807) is 11.8 Å². The zero-order valence-electron chi connectivity index (χ0n) is 11.6. The van der Waals surface area contributed by atoms with Crippen molar-refractivity contribution in [2.45, 2.75) is 37.6 Å². The number of β-amino-alcohol motifs (C(OH)–C–C–N with tert-alkyl or cyclic N) is 1. The molecule has 0 aliphatic carbocycles. The molecule has 5 heteroatoms. The maximum Gasteiger partial charge on any atom is 0.166 e. The second-order valence-corrected chi connectivity index (χ2v) is 6.66. The van der Waals surface area contributed by atoms with Crippen LogP contribution in [0.1, 0.15) is 20.8 Å². The molecule has 0 spiro atoms. The first-order valence-corrected chi connectivity index (χ1v) is 7.43. The van der Waals surface area contributed by atoms with E-state index in [-0.39, 0.29) is 11.6 Å². The van der Waals surface area contributed by atoms with Crippen LogP contribution >= 0.6 is 11.8 Å². The van der Waals surface area contributed by atoms with Crippen molar-refractivity contribution in [1.82, 2.24) is 15.3 Å². The van der Waals surface area contributed by atoms with Crippen molar-refractivity contribution in [2.75, 3.05) is 12.3 Å². The highest BCUT2D eigenvalue weighted by atomic mass is 32.2. The number of para-hydroxylation sites is 2. The standard InChI is InChI=1S/C14H21N3OS/c1-14(2,3)15-8-10(18)9-19-13-16-11-6-4-5-7-12(11)17-13/h4-7,10,15,18H,8-9H2,1-3H3,(H,16,17). The Kier molecular flexibility index (Phi) is 4.50. The maximum absolute atomic E-state index is 9.92. The lowest BCUT2D eigenvalue weighted by molar-refractivity contribution is 0.183. The van der Waals surface area contributed by atoms with E-state index in [1.165, 1.54) is 0 Å². The lowest BCUT2D eigenvalue weighted by atomic mass is 10.1. The minimum Gasteiger partial charge on any atom is -0.391 e. The van der Waals surface area contributed by atoms with Gasteiger partial charge >= 0.3 is 0 Å². The number of aliphatic hydroxyl groups excluding tert-OH is 1. The van der Waals surface area contributed by atoms with Crippen molar-refractivity contribution >= 4 is 22.8 Å². The number of hydrogen-bond donors (Lipinski definition) is 3. The smallest absolute Gasteiger partial charge is 0.166 e. The molecule has 0 amide bonds. The molecular formula is C14H21N3OS. The van der Waals surface area contributed by atoms with Crippen LogP contribution in [0.5, 0.6) is 0 Å². The Hall–Kier alpha value is -1.04. The molecule has 0 aliphatic heterocycles. The van der Waals surface area contributed by atoms with Gasteiger partial charge in [0.1, 0.15) is 0 Å². The van der Waals surface area contributed by atoms with Gasteiger partial charge in [0, 0.05) is 17.8 Å². The van der Waals surface area contributed by atoms with E-state index in [4.69, 9.17) is 0 Å². The molecule has 1 heterocycles. The maximum atomic E-state index is 9.92. The van der Waals surface area contributed by atoms with Crippen LogP contribution in [0.3, 0.4) is 0 Å². The summed E-state index contributed by atoms with van der Waals surface area (Å²) in [6, 6.07) is 7.94. The first-order chi connectivity index (χ1) is 8.94. The number of imidazole rings is 1. The van der Waals surface area contributed by atoms with Gasteiger partial charge in [0.15, 0.2) is 5.16 Å². The van der Waals surface area contributed by atoms with E-state index in [9.17, 15) is 5.11 Å². The summed E-state index contributed by atoms with van der Waals surface area (Å²) in [6.07, 6.45) is -0.377. The van der Waals surface area contributed by atoms with Gasteiger partial charge in [0.2, 0.25) is 0 Å². The lowest BCUT2D eigenvalue weighted by Gasteiger charge is -2.22. The van der Waals surface area contributed by atoms with Crippen molar-refractivity contribution in [3.63, 3.8) is 0 Å². The van der Waals surface area contributed by atoms with Gasteiger partial charge in [-0.1, -0.05) is 23.9 Å². The van der Waals surface area contributed by atoms with Gasteiger partial charge in [-0.3, -0.25) is 0 Å². The minimum atomic E-state index is -0.377. The predicted molar refractivity (Wildman–Crippen MR) is 80.6 cm³/mol. The fourth-order valence-corrected chi connectivity index (χ4v) is 2.47. The first-order valence-electron chi connectivity index (χ1n) is 6.45. The molecule has 0 bridgehead atoms. The van der Waals surface area contributed by atoms with Crippen LogP contribution in [0.2, 0.25) is 0 Å². The normalized spacial score (nSPS) is 13.9. The fraction of sp³-hybridized carbons (Fsp3) is 0.500. The summed E-state index contributed by atoms with van der Waals surface area (Å²) in [7, 11) is 0. The number of rotatable bonds is 5. The topological polar surface area (TPSA) is 60.9 Å². The molecular weight excluding hydrogens is 258 g/mol. The molecule has 1 atom stereocenters. The molecule has 1 unspecified atom stereocenters. The molecule has 0 saturated heterocycles. The van der Waals surface area contributed by atoms with E-state index in [0.29, 0.717) is 12.3 Å². The minimum absolute atomic E-state index is 0.0327. The lowest BCUT2D eigenvalue weighted by Crippen LogP contribution is -2.41. The molecule has 0 aliphatic rings. The second-order valence-electron chi connectivity index (χ2n) is 5.65. The molecule has 2 rings (SSSR count). The summed E-state index contributed by atoms with van der Waals surface area (Å²) < 4.78 is 0. The van der Waals surface area contributed by atoms with Crippen LogP contribution in [0, 0.1) is 0 Å². The quantitative estimate of drug-likeness (QED) is 0.736. The highest BCUT2D eigenvalue weighted by Crippen LogP contribution is 2.19. The molecule has 3 N–H and O–H groups in total. The van der Waals surface area contributed by atoms with Gasteiger partial charge in [0.25, 0.3) is 0 Å². The number of nitrogens with one attached hydrogen (secondary N) is 2. The van der Waals surface area contributed by atoms with Gasteiger partial charge in [-0.25, -0.2) is 4.98 Å². The van der Waals surface area contributed by atoms with Crippen molar-refractivity contribution in [3.8, 4) is 0 Å². The van der Waals surface area contributed by atoms with Crippen molar-refractivity contribution in [3.05, 3.63) is 24.3 Å². The summed E-state index contributed by atoms with van der Waals surface area (Å²) in [5, 5.41) is 14.1. The highest BCUT2D eigenvalue weighted by molar-refractivity contribution is 7.99. The van der Waals surface area contributed by atoms with E-state index < -0.39 is 0 Å². The Balaban J connectivity index is 1.84. The molecule has 1 aromatic heterocycles. The number of fused-ring (bicyclic) bond motifs is 1. The molecule has 19 heavy (non-hydrogen) atoms. The number of aliphatic hydroxyl groups is 1. The van der Waals surface area contributed by atoms with Crippen LogP contribution in [0.25, 0.3) is 11.0 Å². The summed E-state index contributed by atoms with van der Waals surface area (Å²) in [6.45, 7) is 6.86. The Morgan fingerprint density at radius 2 is 2.11 bits per heavy atom. The largest absolute Gasteiger partial charge is 0.391 e. The van der Waals surface area contributed by atoms with Gasteiger partial charge in [-0.2, -0.15) is 0 Å². The number of benzene rings is 1. The van der Waals surface area contributed by atoms with E-state index in [0.717, 1.165) is 16.2 Å². The molecule has 2 aromatic rings. The van der Waals surface area contributed by atoms with Crippen molar-refractivity contribution < 1.29 is 5.11 Å². The molecule has 104 valence electrons. The van der Waals surface area contributed by atoms with Gasteiger partial charge < -0.3 is 15.4 Å². The number of aromatic amines is 1. The number of thioether (sulfide) groups is 1. The average molecular weight is 279 g/mol. The second kappa shape index (κ2) is 5.94. The van der Waals surface area contributed by atoms with Crippen LogP contribution in [-0.4, -0.2) is 39.0 Å². The zero-order chi connectivity index (χ0) is 13.9. The van der Waals surface area contributed by atoms with Gasteiger partial charge in [-0.05, 0) is 32.9 Å². The van der Waals surface area contributed by atoms with Crippen LogP contribution in [0.15, 0.2) is 29.4 Å². The number of hydrogen-bond acceptors (Lipinski definition) is 4. The van der Waals surface area contributed by atoms with E-state index >= 15 is 0 Å². The zero-order valence-corrected chi connectivity index (χ0v) is 12.4. The molecule has 1 aromatic carbocycles. The van der Waals surface area contributed by atoms with Crippen molar-refractivity contribution in [2.24, 2.45) is 0 Å². The summed E-state index contributed by atoms with van der Waals surface area (Å²) in [5.41, 5.74) is 2.03. The van der Waals surface area contributed by atoms with Crippen LogP contribution in [-0.2, 0) is 0 Å². The Bertz CT molecular complexity index is 500. The SMILES string of the molecule is CC(C)(C)NCC(O)CSc1nc2ccccc2[nH]1. The third-order valence-corrected chi connectivity index (χ3v) is 3.67. The van der Waals surface area contributed by atoms with E-state index in [1.807, 2.05) is 24.3 Å². The number of nitrogens with zero attached hydrogens (tertiary/aromatic N) is 1. The number of aromatic nitrogens is 2. The summed E-state index contributed by atoms with van der Waals surface area (Å²) >= 11 is 1.55. The summed E-state index contributed by atoms with van der Waals surface area (Å²) in [4.78, 5) is 7.71. The average Bonchev–Trinajstić information content (AvgIpc) is 2.75. The molecule has 0 radical (unpaired) electrons. The molecule has 0 fully saturated rings. The predicted octanol–water partition coefficient (Wildman–Crippen LogP) is 2.40. The van der Waals surface area contributed by atoms with Crippen LogP contribution < -0.4 is 5.32 Å². The van der Waals surface area contributed by atoms with Crippen molar-refractivity contribution in [1.29, 1.82) is 0 Å². The third kappa shape index (κ3) is 4.53. The fourth-order valence-electron chi connectivity index (χ4n) is 1.66. The highest BCUT2D eigenvalue weighted by Gasteiger charge is 2.13. The van der Waals surface area contributed by atoms with Gasteiger partial charge in [-0.15, -0.1) is 0 Å². The van der Waals surface area contributed by atoms with Gasteiger partial charge in [0.05, 0.1) is 17.1 Å².